The summed E-state index contributed by atoms with van der Waals surface area (Å²) in [5.74, 6) is -0.785. The van der Waals surface area contributed by atoms with E-state index in [1.165, 1.54) is 5.48 Å². The Morgan fingerprint density at radius 1 is 1.67 bits per heavy atom. The summed E-state index contributed by atoms with van der Waals surface area (Å²) < 4.78 is 0. The first-order valence-electron chi connectivity index (χ1n) is 2.62. The van der Waals surface area contributed by atoms with Gasteiger partial charge in [-0.25, -0.2) is 4.79 Å². The molecule has 0 aromatic heterocycles. The highest BCUT2D eigenvalue weighted by Gasteiger charge is 2.13. The number of amides is 2. The van der Waals surface area contributed by atoms with Crippen molar-refractivity contribution in [3.63, 3.8) is 0 Å². The van der Waals surface area contributed by atoms with Crippen LogP contribution in [-0.2, 0) is 9.63 Å². The van der Waals surface area contributed by atoms with E-state index in [4.69, 9.17) is 5.26 Å². The van der Waals surface area contributed by atoms with Crippen molar-refractivity contribution < 1.29 is 14.4 Å². The number of carbonyl (C=O) groups is 2. The second-order valence-corrected chi connectivity index (χ2v) is 1.49. The summed E-state index contributed by atoms with van der Waals surface area (Å²) in [6, 6.07) is -1.23. The van der Waals surface area contributed by atoms with Gasteiger partial charge in [0.2, 0.25) is 6.19 Å². The van der Waals surface area contributed by atoms with Gasteiger partial charge in [0.25, 0.3) is 0 Å². The fourth-order valence-electron chi connectivity index (χ4n) is 0.260. The molecule has 1 N–H and O–H groups in total. The van der Waals surface area contributed by atoms with Crippen LogP contribution in [0, 0.1) is 16.4 Å². The molecule has 12 heavy (non-hydrogen) atoms. The molecule has 0 saturated carbocycles. The number of nitriles is 1. The van der Waals surface area contributed by atoms with E-state index < -0.39 is 12.0 Å². The fraction of sp³-hybridized carbons (Fsp3) is 0.250. The van der Waals surface area contributed by atoms with Crippen LogP contribution in [0.25, 0.3) is 0 Å². The Labute approximate surface area is 66.6 Å². The van der Waals surface area contributed by atoms with Crippen molar-refractivity contribution in [1.29, 1.82) is 5.26 Å². The molecule has 0 rings (SSSR count). The lowest BCUT2D eigenvalue weighted by Crippen LogP contribution is -2.34. The van der Waals surface area contributed by atoms with Gasteiger partial charge in [0, 0.05) is 6.92 Å². The maximum Gasteiger partial charge on any atom is 0.387 e. The minimum absolute atomic E-state index is 0.122. The molecule has 0 aromatic carbocycles. The average molecular weight is 172 g/mol. The molecular formula is C4H4N4O4. The largest absolute Gasteiger partial charge is 0.387 e. The molecule has 64 valence electrons. The Morgan fingerprint density at radius 2 is 2.25 bits per heavy atom. The molecule has 0 bridgehead atoms. The van der Waals surface area contributed by atoms with Gasteiger partial charge in [0.1, 0.15) is 0 Å². The first kappa shape index (κ1) is 9.83. The zero-order chi connectivity index (χ0) is 9.56. The topological polar surface area (TPSA) is 112 Å². The number of nitroso groups, excluding NO2 is 1. The van der Waals surface area contributed by atoms with E-state index in [0.29, 0.717) is 0 Å². The number of urea groups is 1. The van der Waals surface area contributed by atoms with Crippen LogP contribution in [0.15, 0.2) is 5.29 Å². The summed E-state index contributed by atoms with van der Waals surface area (Å²) in [5.41, 5.74) is 1.51. The number of rotatable bonds is 1. The molecule has 0 radical (unpaired) electrons. The molecule has 8 heteroatoms. The van der Waals surface area contributed by atoms with Gasteiger partial charge in [-0.3, -0.25) is 4.79 Å². The normalized spacial score (nSPS) is 7.67. The first-order chi connectivity index (χ1) is 5.61. The first-order valence-corrected chi connectivity index (χ1v) is 2.62. The third-order valence-corrected chi connectivity index (χ3v) is 0.651. The monoisotopic (exact) mass is 172 g/mol. The summed E-state index contributed by atoms with van der Waals surface area (Å²) in [4.78, 5) is 34.3. The van der Waals surface area contributed by atoms with Crippen molar-refractivity contribution in [2.24, 2.45) is 5.29 Å². The number of carbonyl (C=O) groups excluding carboxylic acids is 2. The summed E-state index contributed by atoms with van der Waals surface area (Å²) >= 11 is 0. The van der Waals surface area contributed by atoms with Gasteiger partial charge in [-0.1, -0.05) is 5.01 Å². The van der Waals surface area contributed by atoms with Gasteiger partial charge in [-0.2, -0.15) is 10.7 Å². The lowest BCUT2D eigenvalue weighted by atomic mass is 10.8. The smallest absolute Gasteiger partial charge is 0.340 e. The predicted octanol–water partition coefficient (Wildman–Crippen LogP) is -0.361. The zero-order valence-corrected chi connectivity index (χ0v) is 5.97. The number of hydrogen-bond acceptors (Lipinski definition) is 6. The second kappa shape index (κ2) is 4.62. The lowest BCUT2D eigenvalue weighted by Gasteiger charge is -2.03. The van der Waals surface area contributed by atoms with Crippen LogP contribution >= 0.6 is 0 Å². The standard InChI is InChI=1S/C4H4N4O4/c1-3(9)12-6-4(10)8(2-5)7-11/h1H3,(H,6,10). The van der Waals surface area contributed by atoms with Crippen LogP contribution in [0.2, 0.25) is 0 Å². The molecule has 0 atom stereocenters. The number of nitrogens with one attached hydrogen (secondary N) is 1. The number of hydroxylamine groups is 1. The molecule has 0 fully saturated rings. The van der Waals surface area contributed by atoms with E-state index in [0.717, 1.165) is 13.1 Å². The summed E-state index contributed by atoms with van der Waals surface area (Å²) in [6.07, 6.45) is 1.13. The van der Waals surface area contributed by atoms with Crippen LogP contribution in [0.3, 0.4) is 0 Å². The minimum Gasteiger partial charge on any atom is -0.340 e. The quantitative estimate of drug-likeness (QED) is 0.251. The molecule has 0 heterocycles. The highest BCUT2D eigenvalue weighted by atomic mass is 16.7. The fourth-order valence-corrected chi connectivity index (χ4v) is 0.260. The molecule has 0 aliphatic rings. The van der Waals surface area contributed by atoms with Crippen molar-refractivity contribution in [3.05, 3.63) is 4.91 Å². The molecule has 0 unspecified atom stereocenters. The van der Waals surface area contributed by atoms with Crippen molar-refractivity contribution >= 4 is 12.0 Å². The SMILES string of the molecule is CC(=O)ONC(=O)N(C#N)N=O. The third kappa shape index (κ3) is 3.11. The van der Waals surface area contributed by atoms with E-state index in [2.05, 4.69) is 4.84 Å². The van der Waals surface area contributed by atoms with Crippen molar-refractivity contribution in [1.82, 2.24) is 10.5 Å². The van der Waals surface area contributed by atoms with Gasteiger partial charge >= 0.3 is 12.0 Å². The summed E-state index contributed by atoms with van der Waals surface area (Å²) in [7, 11) is 0. The van der Waals surface area contributed by atoms with Crippen molar-refractivity contribution in [3.8, 4) is 6.19 Å². The van der Waals surface area contributed by atoms with Crippen LogP contribution in [-0.4, -0.2) is 17.0 Å². The van der Waals surface area contributed by atoms with Crippen LogP contribution in [0.4, 0.5) is 4.79 Å². The molecule has 0 aromatic rings. The Bertz CT molecular complexity index is 244. The minimum atomic E-state index is -1.23. The molecule has 8 nitrogen and oxygen atoms in total. The second-order valence-electron chi connectivity index (χ2n) is 1.49. The number of nitrogens with zero attached hydrogens (tertiary/aromatic N) is 3. The van der Waals surface area contributed by atoms with E-state index in [1.807, 2.05) is 5.29 Å². The van der Waals surface area contributed by atoms with E-state index in [9.17, 15) is 14.5 Å². The van der Waals surface area contributed by atoms with E-state index in [1.54, 1.807) is 0 Å². The van der Waals surface area contributed by atoms with E-state index >= 15 is 0 Å². The Morgan fingerprint density at radius 3 is 2.58 bits per heavy atom. The van der Waals surface area contributed by atoms with Crippen LogP contribution < -0.4 is 5.48 Å². The van der Waals surface area contributed by atoms with Crippen molar-refractivity contribution in [2.75, 3.05) is 0 Å². The lowest BCUT2D eigenvalue weighted by molar-refractivity contribution is -0.146. The Kier molecular flexibility index (Phi) is 3.78. The van der Waals surface area contributed by atoms with Gasteiger partial charge in [-0.05, 0) is 0 Å². The molecular weight excluding hydrogens is 168 g/mol. The average Bonchev–Trinajstić information content (AvgIpc) is 2.03. The highest BCUT2D eigenvalue weighted by Crippen LogP contribution is 1.86. The van der Waals surface area contributed by atoms with Crippen LogP contribution in [0.1, 0.15) is 6.92 Å². The van der Waals surface area contributed by atoms with Gasteiger partial charge in [0.15, 0.2) is 0 Å². The summed E-state index contributed by atoms with van der Waals surface area (Å²) in [6.45, 7) is 1.03. The third-order valence-electron chi connectivity index (χ3n) is 0.651. The maximum atomic E-state index is 10.5. The molecule has 0 saturated heterocycles. The van der Waals surface area contributed by atoms with Gasteiger partial charge in [0.05, 0.1) is 5.29 Å². The van der Waals surface area contributed by atoms with Crippen LogP contribution in [0.5, 0.6) is 0 Å². The predicted molar refractivity (Wildman–Crippen MR) is 33.5 cm³/mol. The van der Waals surface area contributed by atoms with Gasteiger partial charge < -0.3 is 4.84 Å². The van der Waals surface area contributed by atoms with E-state index in [-0.39, 0.29) is 5.01 Å². The maximum absolute atomic E-state index is 10.5. The van der Waals surface area contributed by atoms with Gasteiger partial charge in [-0.15, -0.1) is 4.91 Å². The molecule has 0 aliphatic heterocycles. The highest BCUT2D eigenvalue weighted by molar-refractivity contribution is 5.76. The van der Waals surface area contributed by atoms with Crippen molar-refractivity contribution in [2.45, 2.75) is 6.92 Å². The molecule has 0 spiro atoms. The summed E-state index contributed by atoms with van der Waals surface area (Å²) in [5, 5.41) is 9.92. The Hall–Kier alpha value is -2.17. The Balaban J connectivity index is 3.96. The number of hydrogen-bond donors (Lipinski definition) is 1. The molecule has 0 aliphatic carbocycles. The molecule has 2 amide bonds. The zero-order valence-electron chi connectivity index (χ0n) is 5.97.